The van der Waals surface area contributed by atoms with Crippen LogP contribution in [0.3, 0.4) is 0 Å². The summed E-state index contributed by atoms with van der Waals surface area (Å²) in [5.41, 5.74) is 0.223. The summed E-state index contributed by atoms with van der Waals surface area (Å²) in [6.07, 6.45) is 0. The van der Waals surface area contributed by atoms with Gasteiger partial charge in [-0.15, -0.1) is 10.2 Å². The standard InChI is InChI=1S/C9H8IN5O2/c10-5-1-2-7(16)6(3-5)9(17)11-4-8-12-14-15-13-8/h1-3,16H,4H2,(H,11,17)(H,12,13,14,15). The second-order valence-corrected chi connectivity index (χ2v) is 4.42. The van der Waals surface area contributed by atoms with Gasteiger partial charge in [-0.2, -0.15) is 5.21 Å². The Morgan fingerprint density at radius 1 is 1.53 bits per heavy atom. The number of aromatic hydroxyl groups is 1. The number of hydrogen-bond donors (Lipinski definition) is 3. The molecule has 2 aromatic rings. The van der Waals surface area contributed by atoms with E-state index >= 15 is 0 Å². The molecule has 1 aromatic carbocycles. The largest absolute Gasteiger partial charge is 0.507 e. The molecule has 88 valence electrons. The molecule has 17 heavy (non-hydrogen) atoms. The summed E-state index contributed by atoms with van der Waals surface area (Å²) in [5.74, 6) is -0.0645. The van der Waals surface area contributed by atoms with Crippen LogP contribution in [0.1, 0.15) is 16.2 Å². The van der Waals surface area contributed by atoms with Crippen molar-refractivity contribution in [2.24, 2.45) is 0 Å². The molecule has 0 bridgehead atoms. The van der Waals surface area contributed by atoms with E-state index < -0.39 is 0 Å². The minimum absolute atomic E-state index is 0.0592. The molecule has 1 aromatic heterocycles. The van der Waals surface area contributed by atoms with Crippen molar-refractivity contribution in [2.75, 3.05) is 0 Å². The van der Waals surface area contributed by atoms with Gasteiger partial charge < -0.3 is 10.4 Å². The molecule has 1 amide bonds. The maximum Gasteiger partial charge on any atom is 0.255 e. The zero-order valence-electron chi connectivity index (χ0n) is 8.51. The number of nitrogens with zero attached hydrogens (tertiary/aromatic N) is 3. The van der Waals surface area contributed by atoms with Gasteiger partial charge in [-0.3, -0.25) is 4.79 Å². The second-order valence-electron chi connectivity index (χ2n) is 3.17. The maximum absolute atomic E-state index is 11.8. The first-order chi connectivity index (χ1) is 8.16. The first-order valence-electron chi connectivity index (χ1n) is 4.66. The summed E-state index contributed by atoms with van der Waals surface area (Å²) in [7, 11) is 0. The first kappa shape index (κ1) is 11.8. The number of hydrogen-bond acceptors (Lipinski definition) is 5. The van der Waals surface area contributed by atoms with Gasteiger partial charge in [0.25, 0.3) is 5.91 Å². The van der Waals surface area contributed by atoms with E-state index in [1.165, 1.54) is 6.07 Å². The third kappa shape index (κ3) is 2.90. The number of carbonyl (C=O) groups excluding carboxylic acids is 1. The molecular weight excluding hydrogens is 337 g/mol. The molecule has 0 fully saturated rings. The van der Waals surface area contributed by atoms with Crippen molar-refractivity contribution >= 4 is 28.5 Å². The third-order valence-corrected chi connectivity index (χ3v) is 2.67. The summed E-state index contributed by atoms with van der Waals surface area (Å²) >= 11 is 2.06. The van der Waals surface area contributed by atoms with Gasteiger partial charge in [-0.25, -0.2) is 0 Å². The quantitative estimate of drug-likeness (QED) is 0.701. The lowest BCUT2D eigenvalue weighted by atomic mass is 10.2. The molecule has 0 aliphatic heterocycles. The number of phenols is 1. The number of aromatic nitrogens is 4. The zero-order valence-corrected chi connectivity index (χ0v) is 10.7. The number of aromatic amines is 1. The summed E-state index contributed by atoms with van der Waals surface area (Å²) in [4.78, 5) is 11.8. The Morgan fingerprint density at radius 2 is 2.35 bits per heavy atom. The van der Waals surface area contributed by atoms with Gasteiger partial charge in [0, 0.05) is 3.57 Å². The predicted molar refractivity (Wildman–Crippen MR) is 66.2 cm³/mol. The van der Waals surface area contributed by atoms with Crippen molar-refractivity contribution in [1.82, 2.24) is 25.9 Å². The van der Waals surface area contributed by atoms with Gasteiger partial charge in [-0.05, 0) is 40.8 Å². The number of H-pyrrole nitrogens is 1. The number of benzene rings is 1. The minimum atomic E-state index is -0.384. The Hall–Kier alpha value is -1.71. The Morgan fingerprint density at radius 3 is 3.06 bits per heavy atom. The lowest BCUT2D eigenvalue weighted by Crippen LogP contribution is -2.23. The van der Waals surface area contributed by atoms with Crippen LogP contribution in [0.25, 0.3) is 0 Å². The minimum Gasteiger partial charge on any atom is -0.507 e. The first-order valence-corrected chi connectivity index (χ1v) is 5.74. The van der Waals surface area contributed by atoms with Crippen LogP contribution in [-0.4, -0.2) is 31.6 Å². The van der Waals surface area contributed by atoms with Crippen molar-refractivity contribution in [1.29, 1.82) is 0 Å². The molecule has 2 rings (SSSR count). The van der Waals surface area contributed by atoms with Gasteiger partial charge >= 0.3 is 0 Å². The summed E-state index contributed by atoms with van der Waals surface area (Å²) in [6.45, 7) is 0.153. The SMILES string of the molecule is O=C(NCc1nn[nH]n1)c1cc(I)ccc1O. The highest BCUT2D eigenvalue weighted by molar-refractivity contribution is 14.1. The van der Waals surface area contributed by atoms with Crippen LogP contribution in [-0.2, 0) is 6.54 Å². The van der Waals surface area contributed by atoms with Gasteiger partial charge in [0.1, 0.15) is 5.75 Å². The Labute approximate surface area is 110 Å². The molecule has 0 saturated carbocycles. The average molecular weight is 345 g/mol. The van der Waals surface area contributed by atoms with Crippen molar-refractivity contribution < 1.29 is 9.90 Å². The van der Waals surface area contributed by atoms with Crippen LogP contribution in [0.5, 0.6) is 5.75 Å². The number of halogens is 1. The van der Waals surface area contributed by atoms with Crippen molar-refractivity contribution in [3.05, 3.63) is 33.2 Å². The van der Waals surface area contributed by atoms with E-state index in [0.29, 0.717) is 5.82 Å². The predicted octanol–water partition coefficient (Wildman–Crippen LogP) is 0.440. The number of phenolic OH excluding ortho intramolecular Hbond substituents is 1. The normalized spacial score (nSPS) is 10.2. The lowest BCUT2D eigenvalue weighted by Gasteiger charge is -2.05. The molecule has 0 saturated heterocycles. The van der Waals surface area contributed by atoms with Crippen LogP contribution < -0.4 is 5.32 Å². The smallest absolute Gasteiger partial charge is 0.255 e. The fraction of sp³-hybridized carbons (Fsp3) is 0.111. The molecule has 1 heterocycles. The highest BCUT2D eigenvalue weighted by atomic mass is 127. The molecule has 0 unspecified atom stereocenters. The Kier molecular flexibility index (Phi) is 3.52. The van der Waals surface area contributed by atoms with Crippen molar-refractivity contribution in [3.63, 3.8) is 0 Å². The van der Waals surface area contributed by atoms with E-state index in [1.807, 2.05) is 0 Å². The van der Waals surface area contributed by atoms with Crippen LogP contribution in [0.2, 0.25) is 0 Å². The number of nitrogens with one attached hydrogen (secondary N) is 2. The highest BCUT2D eigenvalue weighted by Crippen LogP contribution is 2.19. The molecule has 0 aliphatic carbocycles. The van der Waals surface area contributed by atoms with Crippen LogP contribution >= 0.6 is 22.6 Å². The number of amides is 1. The summed E-state index contributed by atoms with van der Waals surface area (Å²) in [5, 5.41) is 25.2. The molecule has 8 heteroatoms. The fourth-order valence-corrected chi connectivity index (χ4v) is 1.69. The van der Waals surface area contributed by atoms with Gasteiger partial charge in [-0.1, -0.05) is 5.21 Å². The Balaban J connectivity index is 2.07. The molecule has 0 spiro atoms. The molecular formula is C9H8IN5O2. The molecule has 3 N–H and O–H groups in total. The van der Waals surface area contributed by atoms with E-state index in [1.54, 1.807) is 12.1 Å². The average Bonchev–Trinajstić information content (AvgIpc) is 2.82. The molecule has 0 atom stereocenters. The van der Waals surface area contributed by atoms with E-state index in [9.17, 15) is 9.90 Å². The van der Waals surface area contributed by atoms with Crippen LogP contribution in [0.15, 0.2) is 18.2 Å². The summed E-state index contributed by atoms with van der Waals surface area (Å²) < 4.78 is 0.866. The second kappa shape index (κ2) is 5.08. The maximum atomic E-state index is 11.8. The molecule has 7 nitrogen and oxygen atoms in total. The van der Waals surface area contributed by atoms with Crippen molar-refractivity contribution in [2.45, 2.75) is 6.54 Å². The van der Waals surface area contributed by atoms with Gasteiger partial charge in [0.15, 0.2) is 5.82 Å². The van der Waals surface area contributed by atoms with Crippen LogP contribution in [0, 0.1) is 3.57 Å². The number of rotatable bonds is 3. The number of tetrazole rings is 1. The van der Waals surface area contributed by atoms with Crippen LogP contribution in [0.4, 0.5) is 0 Å². The van der Waals surface area contributed by atoms with E-state index in [4.69, 9.17) is 0 Å². The monoisotopic (exact) mass is 345 g/mol. The molecule has 0 aliphatic rings. The van der Waals surface area contributed by atoms with E-state index in [-0.39, 0.29) is 23.8 Å². The number of carbonyl (C=O) groups is 1. The fourth-order valence-electron chi connectivity index (χ4n) is 1.20. The highest BCUT2D eigenvalue weighted by Gasteiger charge is 2.11. The topological polar surface area (TPSA) is 104 Å². The third-order valence-electron chi connectivity index (χ3n) is 2.00. The van der Waals surface area contributed by atoms with Crippen molar-refractivity contribution in [3.8, 4) is 5.75 Å². The molecule has 0 radical (unpaired) electrons. The zero-order chi connectivity index (χ0) is 12.3. The van der Waals surface area contributed by atoms with Gasteiger partial charge in [0.05, 0.1) is 12.1 Å². The lowest BCUT2D eigenvalue weighted by molar-refractivity contribution is 0.0947. The summed E-state index contributed by atoms with van der Waals surface area (Å²) in [6, 6.07) is 4.79. The van der Waals surface area contributed by atoms with E-state index in [2.05, 4.69) is 48.5 Å². The Bertz CT molecular complexity index is 528. The van der Waals surface area contributed by atoms with Gasteiger partial charge in [0.2, 0.25) is 0 Å². The van der Waals surface area contributed by atoms with E-state index in [0.717, 1.165) is 3.57 Å².